The molecule has 0 aliphatic carbocycles. The van der Waals surface area contributed by atoms with E-state index < -0.39 is 0 Å². The zero-order valence-electron chi connectivity index (χ0n) is 8.88. The first kappa shape index (κ1) is 12.6. The number of hydrogen-bond acceptors (Lipinski definition) is 1. The highest BCUT2D eigenvalue weighted by molar-refractivity contribution is 14.1. The Morgan fingerprint density at radius 3 is 2.65 bits per heavy atom. The number of rotatable bonds is 3. The van der Waals surface area contributed by atoms with Gasteiger partial charge in [-0.1, -0.05) is 29.8 Å². The summed E-state index contributed by atoms with van der Waals surface area (Å²) in [6, 6.07) is 12.4. The largest absolute Gasteiger partial charge is 0.380 e. The fourth-order valence-electron chi connectivity index (χ4n) is 1.47. The first-order chi connectivity index (χ1) is 8.16. The van der Waals surface area contributed by atoms with Crippen molar-refractivity contribution in [3.63, 3.8) is 0 Å². The third-order valence-electron chi connectivity index (χ3n) is 2.36. The molecular formula is C13H10ClFIN. The Labute approximate surface area is 118 Å². The summed E-state index contributed by atoms with van der Waals surface area (Å²) in [5.41, 5.74) is 1.44. The van der Waals surface area contributed by atoms with Crippen LogP contribution in [0.3, 0.4) is 0 Å². The number of hydrogen-bond donors (Lipinski definition) is 1. The van der Waals surface area contributed by atoms with Gasteiger partial charge >= 0.3 is 0 Å². The molecule has 0 radical (unpaired) electrons. The first-order valence-electron chi connectivity index (χ1n) is 5.09. The first-order valence-corrected chi connectivity index (χ1v) is 6.55. The molecule has 2 rings (SSSR count). The predicted molar refractivity (Wildman–Crippen MR) is 77.9 cm³/mol. The molecule has 0 atom stereocenters. The van der Waals surface area contributed by atoms with E-state index in [9.17, 15) is 4.39 Å². The zero-order chi connectivity index (χ0) is 12.3. The Morgan fingerprint density at radius 2 is 1.94 bits per heavy atom. The number of anilines is 1. The average Bonchev–Trinajstić information content (AvgIpc) is 2.30. The maximum absolute atomic E-state index is 13.4. The normalized spacial score (nSPS) is 10.3. The predicted octanol–water partition coefficient (Wildman–Crippen LogP) is 4.70. The van der Waals surface area contributed by atoms with Gasteiger partial charge < -0.3 is 5.32 Å². The Bertz CT molecular complexity index is 531. The van der Waals surface area contributed by atoms with Crippen LogP contribution < -0.4 is 5.32 Å². The lowest BCUT2D eigenvalue weighted by atomic mass is 10.2. The molecule has 0 saturated heterocycles. The quantitative estimate of drug-likeness (QED) is 0.782. The van der Waals surface area contributed by atoms with Crippen LogP contribution in [0.4, 0.5) is 10.1 Å². The van der Waals surface area contributed by atoms with Crippen LogP contribution in [0.5, 0.6) is 0 Å². The Balaban J connectivity index is 2.10. The highest BCUT2D eigenvalue weighted by Gasteiger charge is 2.03. The van der Waals surface area contributed by atoms with Crippen LogP contribution in [0.25, 0.3) is 0 Å². The molecule has 0 spiro atoms. The van der Waals surface area contributed by atoms with Crippen LogP contribution in [0, 0.1) is 9.39 Å². The van der Waals surface area contributed by atoms with Gasteiger partial charge in [-0.25, -0.2) is 4.39 Å². The van der Waals surface area contributed by atoms with Crippen LogP contribution in [0.15, 0.2) is 42.5 Å². The second kappa shape index (κ2) is 5.69. The van der Waals surface area contributed by atoms with Gasteiger partial charge in [-0.2, -0.15) is 0 Å². The lowest BCUT2D eigenvalue weighted by Crippen LogP contribution is -2.02. The highest BCUT2D eigenvalue weighted by Crippen LogP contribution is 2.24. The molecule has 0 aliphatic heterocycles. The number of halogens is 3. The maximum atomic E-state index is 13.4. The van der Waals surface area contributed by atoms with Gasteiger partial charge in [-0.3, -0.25) is 0 Å². The Kier molecular flexibility index (Phi) is 4.23. The van der Waals surface area contributed by atoms with Gasteiger partial charge in [0.15, 0.2) is 0 Å². The van der Waals surface area contributed by atoms with Crippen molar-refractivity contribution in [3.8, 4) is 0 Å². The fraction of sp³-hybridized carbons (Fsp3) is 0.0769. The molecule has 0 saturated carbocycles. The monoisotopic (exact) mass is 361 g/mol. The lowest BCUT2D eigenvalue weighted by Gasteiger charge is -2.09. The molecule has 1 N–H and O–H groups in total. The molecule has 0 bridgehead atoms. The minimum Gasteiger partial charge on any atom is -0.380 e. The van der Waals surface area contributed by atoms with E-state index in [-0.39, 0.29) is 5.82 Å². The van der Waals surface area contributed by atoms with Crippen molar-refractivity contribution >= 4 is 39.9 Å². The summed E-state index contributed by atoms with van der Waals surface area (Å²) in [4.78, 5) is 0. The molecule has 88 valence electrons. The minimum atomic E-state index is -0.207. The second-order valence-electron chi connectivity index (χ2n) is 3.57. The van der Waals surface area contributed by atoms with Gasteiger partial charge in [-0.15, -0.1) is 0 Å². The van der Waals surface area contributed by atoms with Crippen molar-refractivity contribution in [1.29, 1.82) is 0 Å². The fourth-order valence-corrected chi connectivity index (χ4v) is 2.39. The summed E-state index contributed by atoms with van der Waals surface area (Å²) in [5, 5.41) is 3.77. The zero-order valence-corrected chi connectivity index (χ0v) is 11.8. The van der Waals surface area contributed by atoms with Crippen molar-refractivity contribution in [1.82, 2.24) is 0 Å². The average molecular weight is 362 g/mol. The third-order valence-corrected chi connectivity index (χ3v) is 3.34. The molecule has 0 unspecified atom stereocenters. The smallest absolute Gasteiger partial charge is 0.128 e. The van der Waals surface area contributed by atoms with E-state index in [4.69, 9.17) is 11.6 Å². The molecule has 0 amide bonds. The summed E-state index contributed by atoms with van der Waals surface area (Å²) < 4.78 is 14.5. The molecular weight excluding hydrogens is 352 g/mol. The van der Waals surface area contributed by atoms with Gasteiger partial charge in [0.05, 0.1) is 10.7 Å². The summed E-state index contributed by atoms with van der Waals surface area (Å²) in [5.74, 6) is -0.207. The van der Waals surface area contributed by atoms with Gasteiger partial charge in [0.2, 0.25) is 0 Å². The molecule has 1 nitrogen and oxygen atoms in total. The molecule has 2 aromatic carbocycles. The standard InChI is InChI=1S/C13H10ClFIN/c14-11-7-10(16)5-6-13(11)17-8-9-3-1-2-4-12(9)15/h1-7,17H,8H2. The van der Waals surface area contributed by atoms with Crippen molar-refractivity contribution < 1.29 is 4.39 Å². The molecule has 2 aromatic rings. The number of nitrogens with one attached hydrogen (secondary N) is 1. The molecule has 0 aromatic heterocycles. The van der Waals surface area contributed by atoms with E-state index in [2.05, 4.69) is 27.9 Å². The highest BCUT2D eigenvalue weighted by atomic mass is 127. The molecule has 4 heteroatoms. The van der Waals surface area contributed by atoms with E-state index in [1.165, 1.54) is 6.07 Å². The van der Waals surface area contributed by atoms with Crippen molar-refractivity contribution in [3.05, 3.63) is 62.4 Å². The van der Waals surface area contributed by atoms with E-state index in [1.807, 2.05) is 24.3 Å². The maximum Gasteiger partial charge on any atom is 0.128 e. The van der Waals surface area contributed by atoms with Crippen molar-refractivity contribution in [2.75, 3.05) is 5.32 Å². The minimum absolute atomic E-state index is 0.207. The van der Waals surface area contributed by atoms with E-state index >= 15 is 0 Å². The number of benzene rings is 2. The van der Waals surface area contributed by atoms with E-state index in [1.54, 1.807) is 12.1 Å². The SMILES string of the molecule is Fc1ccccc1CNc1ccc(I)cc1Cl. The Hall–Kier alpha value is -0.810. The summed E-state index contributed by atoms with van der Waals surface area (Å²) >= 11 is 8.27. The van der Waals surface area contributed by atoms with Crippen molar-refractivity contribution in [2.24, 2.45) is 0 Å². The third kappa shape index (κ3) is 3.33. The summed E-state index contributed by atoms with van der Waals surface area (Å²) in [6.45, 7) is 0.424. The van der Waals surface area contributed by atoms with Gasteiger partial charge in [0.1, 0.15) is 5.82 Å². The van der Waals surface area contributed by atoms with Crippen LogP contribution in [-0.4, -0.2) is 0 Å². The van der Waals surface area contributed by atoms with Gasteiger partial charge in [0, 0.05) is 15.7 Å². The summed E-state index contributed by atoms with van der Waals surface area (Å²) in [6.07, 6.45) is 0. The van der Waals surface area contributed by atoms with Gasteiger partial charge in [-0.05, 0) is 46.9 Å². The van der Waals surface area contributed by atoms with E-state index in [0.717, 1.165) is 9.26 Å². The molecule has 0 fully saturated rings. The molecule has 0 heterocycles. The van der Waals surface area contributed by atoms with Crippen LogP contribution >= 0.6 is 34.2 Å². The van der Waals surface area contributed by atoms with E-state index in [0.29, 0.717) is 17.1 Å². The second-order valence-corrected chi connectivity index (χ2v) is 5.22. The van der Waals surface area contributed by atoms with Crippen molar-refractivity contribution in [2.45, 2.75) is 6.54 Å². The molecule has 0 aliphatic rings. The lowest BCUT2D eigenvalue weighted by molar-refractivity contribution is 0.613. The van der Waals surface area contributed by atoms with Crippen LogP contribution in [0.1, 0.15) is 5.56 Å². The molecule has 17 heavy (non-hydrogen) atoms. The Morgan fingerprint density at radius 1 is 1.18 bits per heavy atom. The van der Waals surface area contributed by atoms with Gasteiger partial charge in [0.25, 0.3) is 0 Å². The summed E-state index contributed by atoms with van der Waals surface area (Å²) in [7, 11) is 0. The topological polar surface area (TPSA) is 12.0 Å². The van der Waals surface area contributed by atoms with Crippen LogP contribution in [0.2, 0.25) is 5.02 Å². The van der Waals surface area contributed by atoms with Crippen LogP contribution in [-0.2, 0) is 6.54 Å².